The average molecular weight is 217 g/mol. The van der Waals surface area contributed by atoms with Crippen LogP contribution in [0.4, 0.5) is 8.78 Å². The highest BCUT2D eigenvalue weighted by atomic mass is 19.3. The highest BCUT2D eigenvalue weighted by molar-refractivity contribution is 5.09. The SMILES string of the molecule is CC[C@](C)(N)c1nc(C(F)F)cc(=O)[nH]1. The number of nitrogens with one attached hydrogen (secondary N) is 1. The summed E-state index contributed by atoms with van der Waals surface area (Å²) < 4.78 is 24.7. The second kappa shape index (κ2) is 4.06. The van der Waals surface area contributed by atoms with Gasteiger partial charge in [-0.05, 0) is 13.3 Å². The van der Waals surface area contributed by atoms with E-state index in [9.17, 15) is 13.6 Å². The monoisotopic (exact) mass is 217 g/mol. The van der Waals surface area contributed by atoms with Crippen LogP contribution in [0, 0.1) is 0 Å². The van der Waals surface area contributed by atoms with Crippen LogP contribution >= 0.6 is 0 Å². The quantitative estimate of drug-likeness (QED) is 0.801. The third-order valence-electron chi connectivity index (χ3n) is 2.26. The fraction of sp³-hybridized carbons (Fsp3) is 0.556. The summed E-state index contributed by atoms with van der Waals surface area (Å²) in [5.41, 5.74) is 3.75. The molecule has 0 aliphatic rings. The molecule has 1 rings (SSSR count). The molecule has 1 heterocycles. The zero-order chi connectivity index (χ0) is 11.6. The van der Waals surface area contributed by atoms with Crippen molar-refractivity contribution < 1.29 is 8.78 Å². The topological polar surface area (TPSA) is 71.8 Å². The second-order valence-corrected chi connectivity index (χ2v) is 3.59. The summed E-state index contributed by atoms with van der Waals surface area (Å²) >= 11 is 0. The Morgan fingerprint density at radius 3 is 2.73 bits per heavy atom. The fourth-order valence-corrected chi connectivity index (χ4v) is 1.03. The van der Waals surface area contributed by atoms with E-state index in [4.69, 9.17) is 5.73 Å². The lowest BCUT2D eigenvalue weighted by Crippen LogP contribution is -2.36. The number of nitrogens with zero attached hydrogens (tertiary/aromatic N) is 1. The van der Waals surface area contributed by atoms with Crippen molar-refractivity contribution in [1.82, 2.24) is 9.97 Å². The minimum atomic E-state index is -2.77. The third-order valence-corrected chi connectivity index (χ3v) is 2.26. The van der Waals surface area contributed by atoms with Gasteiger partial charge in [0.25, 0.3) is 12.0 Å². The maximum atomic E-state index is 12.4. The number of rotatable bonds is 3. The zero-order valence-corrected chi connectivity index (χ0v) is 8.55. The van der Waals surface area contributed by atoms with E-state index in [-0.39, 0.29) is 5.82 Å². The molecule has 0 radical (unpaired) electrons. The maximum absolute atomic E-state index is 12.4. The second-order valence-electron chi connectivity index (χ2n) is 3.59. The first-order chi connectivity index (χ1) is 6.86. The van der Waals surface area contributed by atoms with E-state index >= 15 is 0 Å². The zero-order valence-electron chi connectivity index (χ0n) is 8.55. The summed E-state index contributed by atoms with van der Waals surface area (Å²) in [4.78, 5) is 17.1. The number of H-pyrrole nitrogens is 1. The average Bonchev–Trinajstić information content (AvgIpc) is 2.16. The van der Waals surface area contributed by atoms with Crippen LogP contribution in [0.2, 0.25) is 0 Å². The summed E-state index contributed by atoms with van der Waals surface area (Å²) in [6.07, 6.45) is -2.28. The lowest BCUT2D eigenvalue weighted by atomic mass is 9.99. The number of aromatic amines is 1. The van der Waals surface area contributed by atoms with Crippen LogP contribution in [0.25, 0.3) is 0 Å². The van der Waals surface area contributed by atoms with Crippen molar-refractivity contribution in [2.24, 2.45) is 5.73 Å². The molecular formula is C9H13F2N3O. The molecule has 6 heteroatoms. The number of alkyl halides is 2. The van der Waals surface area contributed by atoms with Crippen LogP contribution in [0.5, 0.6) is 0 Å². The van der Waals surface area contributed by atoms with Gasteiger partial charge in [-0.15, -0.1) is 0 Å². The molecule has 84 valence electrons. The first-order valence-corrected chi connectivity index (χ1v) is 4.55. The minimum Gasteiger partial charge on any atom is -0.319 e. The fourth-order valence-electron chi connectivity index (χ4n) is 1.03. The van der Waals surface area contributed by atoms with Crippen LogP contribution in [0.3, 0.4) is 0 Å². The highest BCUT2D eigenvalue weighted by Crippen LogP contribution is 2.19. The minimum absolute atomic E-state index is 0.0906. The summed E-state index contributed by atoms with van der Waals surface area (Å²) in [5, 5.41) is 0. The van der Waals surface area contributed by atoms with E-state index in [1.807, 2.05) is 0 Å². The molecule has 0 amide bonds. The van der Waals surface area contributed by atoms with E-state index in [1.54, 1.807) is 13.8 Å². The Hall–Kier alpha value is -1.30. The van der Waals surface area contributed by atoms with Crippen molar-refractivity contribution in [2.45, 2.75) is 32.2 Å². The maximum Gasteiger partial charge on any atom is 0.280 e. The number of nitrogens with two attached hydrogens (primary N) is 1. The Balaban J connectivity index is 3.27. The van der Waals surface area contributed by atoms with Crippen molar-refractivity contribution in [3.05, 3.63) is 27.9 Å². The summed E-state index contributed by atoms with van der Waals surface area (Å²) in [7, 11) is 0. The molecule has 15 heavy (non-hydrogen) atoms. The Labute approximate surface area is 85.5 Å². The smallest absolute Gasteiger partial charge is 0.280 e. The molecule has 0 aromatic carbocycles. The van der Waals surface area contributed by atoms with Gasteiger partial charge in [0.2, 0.25) is 0 Å². The normalized spacial score (nSPS) is 15.3. The van der Waals surface area contributed by atoms with E-state index in [2.05, 4.69) is 9.97 Å². The van der Waals surface area contributed by atoms with Gasteiger partial charge < -0.3 is 10.7 Å². The van der Waals surface area contributed by atoms with Crippen molar-refractivity contribution in [3.8, 4) is 0 Å². The molecule has 0 saturated heterocycles. The Kier molecular flexibility index (Phi) is 3.18. The van der Waals surface area contributed by atoms with E-state index in [0.717, 1.165) is 6.07 Å². The van der Waals surface area contributed by atoms with Gasteiger partial charge in [0.1, 0.15) is 11.5 Å². The molecule has 1 aromatic heterocycles. The molecule has 0 bridgehead atoms. The predicted octanol–water partition coefficient (Wildman–Crippen LogP) is 1.29. The third kappa shape index (κ3) is 2.59. The van der Waals surface area contributed by atoms with Crippen molar-refractivity contribution in [2.75, 3.05) is 0 Å². The van der Waals surface area contributed by atoms with Gasteiger partial charge in [0.05, 0.1) is 5.54 Å². The van der Waals surface area contributed by atoms with Crippen LogP contribution in [0.1, 0.15) is 38.2 Å². The van der Waals surface area contributed by atoms with Crippen molar-refractivity contribution in [3.63, 3.8) is 0 Å². The van der Waals surface area contributed by atoms with Crippen LogP contribution < -0.4 is 11.3 Å². The number of aromatic nitrogens is 2. The molecule has 1 aromatic rings. The van der Waals surface area contributed by atoms with Crippen LogP contribution in [0.15, 0.2) is 10.9 Å². The van der Waals surface area contributed by atoms with Crippen LogP contribution in [-0.2, 0) is 5.54 Å². The first kappa shape index (κ1) is 11.8. The number of hydrogen-bond donors (Lipinski definition) is 2. The van der Waals surface area contributed by atoms with Gasteiger partial charge in [-0.2, -0.15) is 0 Å². The standard InChI is InChI=1S/C9H13F2N3O/c1-3-9(2,12)8-13-5(7(10)11)4-6(15)14-8/h4,7H,3,12H2,1-2H3,(H,13,14,15)/t9-/m0/s1. The van der Waals surface area contributed by atoms with E-state index in [1.165, 1.54) is 0 Å². The lowest BCUT2D eigenvalue weighted by molar-refractivity contribution is 0.145. The first-order valence-electron chi connectivity index (χ1n) is 4.55. The largest absolute Gasteiger partial charge is 0.319 e. The molecule has 0 fully saturated rings. The number of halogens is 2. The molecule has 4 nitrogen and oxygen atoms in total. The number of hydrogen-bond acceptors (Lipinski definition) is 3. The molecular weight excluding hydrogens is 204 g/mol. The lowest BCUT2D eigenvalue weighted by Gasteiger charge is -2.21. The Morgan fingerprint density at radius 1 is 1.67 bits per heavy atom. The molecule has 0 spiro atoms. The molecule has 3 N–H and O–H groups in total. The van der Waals surface area contributed by atoms with Crippen molar-refractivity contribution >= 4 is 0 Å². The van der Waals surface area contributed by atoms with Crippen molar-refractivity contribution in [1.29, 1.82) is 0 Å². The van der Waals surface area contributed by atoms with Gasteiger partial charge in [-0.3, -0.25) is 4.79 Å². The van der Waals surface area contributed by atoms with Gasteiger partial charge in [0.15, 0.2) is 0 Å². The molecule has 0 aliphatic heterocycles. The highest BCUT2D eigenvalue weighted by Gasteiger charge is 2.23. The van der Waals surface area contributed by atoms with Gasteiger partial charge in [0, 0.05) is 6.07 Å². The molecule has 0 unspecified atom stereocenters. The predicted molar refractivity (Wildman–Crippen MR) is 51.6 cm³/mol. The Morgan fingerprint density at radius 2 is 2.27 bits per heavy atom. The van der Waals surface area contributed by atoms with Crippen LogP contribution in [-0.4, -0.2) is 9.97 Å². The van der Waals surface area contributed by atoms with Gasteiger partial charge in [-0.1, -0.05) is 6.92 Å². The van der Waals surface area contributed by atoms with E-state index < -0.39 is 23.2 Å². The van der Waals surface area contributed by atoms with E-state index in [0.29, 0.717) is 6.42 Å². The Bertz CT molecular complexity index is 401. The van der Waals surface area contributed by atoms with Gasteiger partial charge in [-0.25, -0.2) is 13.8 Å². The van der Waals surface area contributed by atoms with Gasteiger partial charge >= 0.3 is 0 Å². The summed E-state index contributed by atoms with van der Waals surface area (Å²) in [6, 6.07) is 0.778. The molecule has 0 saturated carbocycles. The molecule has 1 atom stereocenters. The summed E-state index contributed by atoms with van der Waals surface area (Å²) in [5.74, 6) is 0.0906. The molecule has 0 aliphatic carbocycles. The summed E-state index contributed by atoms with van der Waals surface area (Å²) in [6.45, 7) is 3.41.